The van der Waals surface area contributed by atoms with Gasteiger partial charge in [-0.3, -0.25) is 9.69 Å². The summed E-state index contributed by atoms with van der Waals surface area (Å²) < 4.78 is 25.1. The molecule has 3 aromatic rings. The van der Waals surface area contributed by atoms with Crippen molar-refractivity contribution < 1.29 is 13.5 Å². The lowest BCUT2D eigenvalue weighted by atomic mass is 10.0. The highest BCUT2D eigenvalue weighted by Crippen LogP contribution is 2.38. The highest BCUT2D eigenvalue weighted by Gasteiger charge is 2.40. The minimum Gasteiger partial charge on any atom is -0.497 e. The molecule has 138 valence electrons. The Labute approximate surface area is 150 Å². The summed E-state index contributed by atoms with van der Waals surface area (Å²) in [6, 6.07) is 5.04. The molecule has 1 aromatic carbocycles. The molecular formula is C19H22FN3O3. The lowest BCUT2D eigenvalue weighted by Crippen LogP contribution is -2.42. The zero-order chi connectivity index (χ0) is 18.6. The Hall–Kier alpha value is -2.41. The summed E-state index contributed by atoms with van der Waals surface area (Å²) >= 11 is 0. The predicted molar refractivity (Wildman–Crippen MR) is 97.4 cm³/mol. The first-order valence-electron chi connectivity index (χ1n) is 8.69. The molecule has 2 aromatic heterocycles. The molecule has 4 rings (SSSR count). The van der Waals surface area contributed by atoms with Crippen LogP contribution in [0.5, 0.6) is 5.75 Å². The Morgan fingerprint density at radius 3 is 2.85 bits per heavy atom. The van der Waals surface area contributed by atoms with Gasteiger partial charge in [0.25, 0.3) is 5.56 Å². The SMILES string of the molecule is COc1ccc2oc3c(=O)[nH]c([C@@H]4C[C@H](F)CN4C(C)(C)C)nc3c2c1. The van der Waals surface area contributed by atoms with Crippen molar-refractivity contribution in [1.29, 1.82) is 0 Å². The van der Waals surface area contributed by atoms with E-state index in [1.165, 1.54) is 0 Å². The molecular weight excluding hydrogens is 337 g/mol. The quantitative estimate of drug-likeness (QED) is 0.757. The monoisotopic (exact) mass is 359 g/mol. The molecule has 1 saturated heterocycles. The number of nitrogens with one attached hydrogen (secondary N) is 1. The highest BCUT2D eigenvalue weighted by atomic mass is 19.1. The maximum Gasteiger partial charge on any atom is 0.294 e. The van der Waals surface area contributed by atoms with Gasteiger partial charge >= 0.3 is 0 Å². The fourth-order valence-corrected chi connectivity index (χ4v) is 3.72. The second-order valence-corrected chi connectivity index (χ2v) is 7.77. The van der Waals surface area contributed by atoms with E-state index in [1.807, 2.05) is 25.7 Å². The second-order valence-electron chi connectivity index (χ2n) is 7.77. The number of H-pyrrole nitrogens is 1. The van der Waals surface area contributed by atoms with Gasteiger partial charge in [0.1, 0.15) is 28.8 Å². The van der Waals surface area contributed by atoms with Crippen molar-refractivity contribution in [2.24, 2.45) is 0 Å². The molecule has 1 fully saturated rings. The zero-order valence-electron chi connectivity index (χ0n) is 15.3. The molecule has 0 saturated carbocycles. The van der Waals surface area contributed by atoms with E-state index in [0.717, 1.165) is 0 Å². The largest absolute Gasteiger partial charge is 0.497 e. The molecule has 1 aliphatic heterocycles. The number of aromatic amines is 1. The van der Waals surface area contributed by atoms with Crippen LogP contribution in [0, 0.1) is 0 Å². The molecule has 0 bridgehead atoms. The number of ether oxygens (including phenoxy) is 1. The Bertz CT molecular complexity index is 1030. The average Bonchev–Trinajstić information content (AvgIpc) is 3.15. The fourth-order valence-electron chi connectivity index (χ4n) is 3.72. The fraction of sp³-hybridized carbons (Fsp3) is 0.474. The molecule has 1 aliphatic rings. The van der Waals surface area contributed by atoms with Crippen LogP contribution in [0.4, 0.5) is 4.39 Å². The standard InChI is InChI=1S/C19H22FN3O3/c1-19(2,3)23-9-10(20)7-13(23)17-21-15-12-8-11(25-4)5-6-14(12)26-16(15)18(24)22-17/h5-6,8,10,13H,7,9H2,1-4H3,(H,21,22,24)/t10-,13-/m0/s1. The van der Waals surface area contributed by atoms with Crippen LogP contribution in [0.2, 0.25) is 0 Å². The lowest BCUT2D eigenvalue weighted by Gasteiger charge is -2.36. The number of halogens is 1. The van der Waals surface area contributed by atoms with E-state index in [4.69, 9.17) is 9.15 Å². The Morgan fingerprint density at radius 1 is 1.38 bits per heavy atom. The molecule has 0 spiro atoms. The molecule has 0 radical (unpaired) electrons. The number of furan rings is 1. The van der Waals surface area contributed by atoms with Crippen LogP contribution in [0.25, 0.3) is 22.1 Å². The lowest BCUT2D eigenvalue weighted by molar-refractivity contribution is 0.112. The van der Waals surface area contributed by atoms with Crippen LogP contribution in [0.1, 0.15) is 39.1 Å². The van der Waals surface area contributed by atoms with Crippen LogP contribution in [-0.4, -0.2) is 40.2 Å². The minimum absolute atomic E-state index is 0.175. The maximum atomic E-state index is 14.1. The van der Waals surface area contributed by atoms with E-state index in [-0.39, 0.29) is 22.7 Å². The third kappa shape index (κ3) is 2.67. The number of rotatable bonds is 2. The number of nitrogens with zero attached hydrogens (tertiary/aromatic N) is 2. The second kappa shape index (κ2) is 5.81. The number of fused-ring (bicyclic) bond motifs is 3. The minimum atomic E-state index is -0.943. The summed E-state index contributed by atoms with van der Waals surface area (Å²) in [5, 5.41) is 0.712. The molecule has 26 heavy (non-hydrogen) atoms. The van der Waals surface area contributed by atoms with Gasteiger partial charge in [0.2, 0.25) is 5.58 Å². The number of benzene rings is 1. The number of hydrogen-bond acceptors (Lipinski definition) is 5. The molecule has 2 atom stereocenters. The summed E-state index contributed by atoms with van der Waals surface area (Å²) in [4.78, 5) is 22.1. The van der Waals surface area contributed by atoms with Gasteiger partial charge in [-0.05, 0) is 39.0 Å². The van der Waals surface area contributed by atoms with Crippen LogP contribution >= 0.6 is 0 Å². The number of aromatic nitrogens is 2. The van der Waals surface area contributed by atoms with E-state index in [2.05, 4.69) is 9.97 Å². The van der Waals surface area contributed by atoms with E-state index in [0.29, 0.717) is 41.0 Å². The third-order valence-corrected chi connectivity index (χ3v) is 4.98. The van der Waals surface area contributed by atoms with Crippen molar-refractivity contribution in [2.45, 2.75) is 44.9 Å². The summed E-state index contributed by atoms with van der Waals surface area (Å²) in [6.07, 6.45) is -0.633. The summed E-state index contributed by atoms with van der Waals surface area (Å²) in [5.41, 5.74) is 0.637. The molecule has 1 N–H and O–H groups in total. The van der Waals surface area contributed by atoms with Gasteiger partial charge < -0.3 is 14.1 Å². The summed E-state index contributed by atoms with van der Waals surface area (Å²) in [5.74, 6) is 1.13. The van der Waals surface area contributed by atoms with Crippen LogP contribution in [0.3, 0.4) is 0 Å². The van der Waals surface area contributed by atoms with Gasteiger partial charge in [0.05, 0.1) is 18.5 Å². The van der Waals surface area contributed by atoms with Gasteiger partial charge in [0.15, 0.2) is 0 Å². The average molecular weight is 359 g/mol. The smallest absolute Gasteiger partial charge is 0.294 e. The van der Waals surface area contributed by atoms with Crippen molar-refractivity contribution in [1.82, 2.24) is 14.9 Å². The van der Waals surface area contributed by atoms with E-state index < -0.39 is 6.17 Å². The molecule has 0 aliphatic carbocycles. The Balaban J connectivity index is 1.91. The van der Waals surface area contributed by atoms with Crippen molar-refractivity contribution in [3.8, 4) is 5.75 Å². The van der Waals surface area contributed by atoms with Crippen molar-refractivity contribution >= 4 is 22.1 Å². The number of hydrogen-bond donors (Lipinski definition) is 1. The van der Waals surface area contributed by atoms with Gasteiger partial charge in [0, 0.05) is 18.5 Å². The Morgan fingerprint density at radius 2 is 2.15 bits per heavy atom. The van der Waals surface area contributed by atoms with Gasteiger partial charge in [-0.15, -0.1) is 0 Å². The van der Waals surface area contributed by atoms with Gasteiger partial charge in [-0.2, -0.15) is 0 Å². The predicted octanol–water partition coefficient (Wildman–Crippen LogP) is 3.56. The molecule has 3 heterocycles. The van der Waals surface area contributed by atoms with E-state index >= 15 is 0 Å². The summed E-state index contributed by atoms with van der Waals surface area (Å²) in [6.45, 7) is 6.43. The van der Waals surface area contributed by atoms with Crippen LogP contribution < -0.4 is 10.3 Å². The maximum absolute atomic E-state index is 14.1. The van der Waals surface area contributed by atoms with Gasteiger partial charge in [-0.25, -0.2) is 9.37 Å². The first kappa shape index (κ1) is 17.0. The van der Waals surface area contributed by atoms with Crippen molar-refractivity contribution in [2.75, 3.05) is 13.7 Å². The highest BCUT2D eigenvalue weighted by molar-refractivity contribution is 6.02. The van der Waals surface area contributed by atoms with Crippen molar-refractivity contribution in [3.05, 3.63) is 34.4 Å². The first-order valence-corrected chi connectivity index (χ1v) is 8.69. The number of likely N-dealkylation sites (tertiary alicyclic amines) is 1. The van der Waals surface area contributed by atoms with Crippen molar-refractivity contribution in [3.63, 3.8) is 0 Å². The molecule has 6 nitrogen and oxygen atoms in total. The third-order valence-electron chi connectivity index (χ3n) is 4.98. The topological polar surface area (TPSA) is 71.4 Å². The van der Waals surface area contributed by atoms with Crippen LogP contribution in [-0.2, 0) is 0 Å². The van der Waals surface area contributed by atoms with E-state index in [1.54, 1.807) is 25.3 Å². The van der Waals surface area contributed by atoms with Crippen LogP contribution in [0.15, 0.2) is 27.4 Å². The Kier molecular flexibility index (Phi) is 3.80. The van der Waals surface area contributed by atoms with E-state index in [9.17, 15) is 9.18 Å². The number of alkyl halides is 1. The first-order chi connectivity index (χ1) is 12.3. The molecule has 7 heteroatoms. The molecule has 0 amide bonds. The number of methoxy groups -OCH3 is 1. The normalized spacial score (nSPS) is 21.7. The van der Waals surface area contributed by atoms with Gasteiger partial charge in [-0.1, -0.05) is 0 Å². The molecule has 0 unspecified atom stereocenters. The summed E-state index contributed by atoms with van der Waals surface area (Å²) in [7, 11) is 1.58. The zero-order valence-corrected chi connectivity index (χ0v) is 15.3.